The molecule has 2 N–H and O–H groups in total. The van der Waals surface area contributed by atoms with Crippen LogP contribution in [0.5, 0.6) is 0 Å². The van der Waals surface area contributed by atoms with Crippen molar-refractivity contribution in [1.82, 2.24) is 0 Å². The number of furan rings is 1. The van der Waals surface area contributed by atoms with Crippen molar-refractivity contribution in [2.24, 2.45) is 0 Å². The van der Waals surface area contributed by atoms with Gasteiger partial charge in [0.15, 0.2) is 0 Å². The Hall–Kier alpha value is -1.97. The predicted octanol–water partition coefficient (Wildman–Crippen LogP) is 2.19. The molecule has 1 aromatic heterocycles. The highest BCUT2D eigenvalue weighted by molar-refractivity contribution is 5.88. The van der Waals surface area contributed by atoms with E-state index >= 15 is 0 Å². The summed E-state index contributed by atoms with van der Waals surface area (Å²) in [6.45, 7) is 2.66. The number of nitrogens with two attached hydrogens (primary N) is 1. The van der Waals surface area contributed by atoms with Gasteiger partial charge in [0, 0.05) is 5.39 Å². The molecule has 2 aromatic rings. The van der Waals surface area contributed by atoms with Gasteiger partial charge in [0.1, 0.15) is 11.8 Å². The molecule has 0 spiro atoms. The second-order valence-electron chi connectivity index (χ2n) is 2.74. The number of nitrogen functional groups attached to an aromatic ring is 1. The molecule has 0 aliphatic heterocycles. The van der Waals surface area contributed by atoms with Crippen molar-refractivity contribution in [3.05, 3.63) is 30.5 Å². The first-order valence-corrected chi connectivity index (χ1v) is 4.56. The van der Waals surface area contributed by atoms with Crippen LogP contribution in [0.2, 0.25) is 0 Å². The standard InChI is InChI=1S/C8H7NO.C3H6O2/c9-7-5-10-8-4-2-1-3-6(7)8;1-2-5-3-4/h1-5H,9H2;3H,2H2,1H3. The molecule has 2 rings (SSSR count). The first-order valence-electron chi connectivity index (χ1n) is 4.56. The molecule has 0 unspecified atom stereocenters. The van der Waals surface area contributed by atoms with Crippen molar-refractivity contribution >= 4 is 23.1 Å². The topological polar surface area (TPSA) is 65.5 Å². The summed E-state index contributed by atoms with van der Waals surface area (Å²) in [4.78, 5) is 9.18. The van der Waals surface area contributed by atoms with Crippen LogP contribution in [0, 0.1) is 0 Å². The third-order valence-electron chi connectivity index (χ3n) is 1.75. The molecule has 4 heteroatoms. The number of benzene rings is 1. The van der Waals surface area contributed by atoms with Gasteiger partial charge in [-0.15, -0.1) is 0 Å². The van der Waals surface area contributed by atoms with Crippen LogP contribution in [0.4, 0.5) is 5.69 Å². The highest BCUT2D eigenvalue weighted by Crippen LogP contribution is 2.21. The number of anilines is 1. The summed E-state index contributed by atoms with van der Waals surface area (Å²) in [6.07, 6.45) is 1.56. The number of carbonyl (C=O) groups excluding carboxylic acids is 1. The highest BCUT2D eigenvalue weighted by atomic mass is 16.5. The highest BCUT2D eigenvalue weighted by Gasteiger charge is 1.97. The molecule has 0 saturated carbocycles. The second-order valence-corrected chi connectivity index (χ2v) is 2.74. The van der Waals surface area contributed by atoms with Gasteiger partial charge in [0.2, 0.25) is 0 Å². The van der Waals surface area contributed by atoms with E-state index in [-0.39, 0.29) is 0 Å². The Bertz CT molecular complexity index is 422. The summed E-state index contributed by atoms with van der Waals surface area (Å²) in [5.74, 6) is 0. The lowest BCUT2D eigenvalue weighted by Gasteiger charge is -1.84. The fourth-order valence-electron chi connectivity index (χ4n) is 1.07. The van der Waals surface area contributed by atoms with E-state index < -0.39 is 0 Å². The number of carbonyl (C=O) groups is 1. The first-order chi connectivity index (χ1) is 7.29. The maximum absolute atomic E-state index is 9.18. The van der Waals surface area contributed by atoms with E-state index in [4.69, 9.17) is 10.2 Å². The molecule has 0 aliphatic rings. The largest absolute Gasteiger partial charge is 0.468 e. The molecular weight excluding hydrogens is 194 g/mol. The Morgan fingerprint density at radius 1 is 1.47 bits per heavy atom. The van der Waals surface area contributed by atoms with Crippen LogP contribution in [-0.4, -0.2) is 13.1 Å². The summed E-state index contributed by atoms with van der Waals surface area (Å²) in [5.41, 5.74) is 7.13. The molecule has 0 aliphatic carbocycles. The molecule has 0 fully saturated rings. The zero-order valence-corrected chi connectivity index (χ0v) is 8.47. The van der Waals surface area contributed by atoms with Gasteiger partial charge in [-0.1, -0.05) is 12.1 Å². The first kappa shape index (κ1) is 11.1. The van der Waals surface area contributed by atoms with Gasteiger partial charge in [-0.3, -0.25) is 4.79 Å². The molecule has 1 aromatic carbocycles. The minimum atomic E-state index is 0.431. The SMILES string of the molecule is CCOC=O.Nc1coc2ccccc12. The number of para-hydroxylation sites is 1. The average Bonchev–Trinajstić information content (AvgIpc) is 2.64. The monoisotopic (exact) mass is 207 g/mol. The maximum atomic E-state index is 9.18. The van der Waals surface area contributed by atoms with E-state index in [0.717, 1.165) is 11.0 Å². The minimum Gasteiger partial charge on any atom is -0.468 e. The molecular formula is C11H13NO3. The smallest absolute Gasteiger partial charge is 0.293 e. The summed E-state index contributed by atoms with van der Waals surface area (Å²) in [7, 11) is 0. The lowest BCUT2D eigenvalue weighted by atomic mass is 10.2. The van der Waals surface area contributed by atoms with Crippen molar-refractivity contribution in [2.75, 3.05) is 12.3 Å². The van der Waals surface area contributed by atoms with E-state index in [9.17, 15) is 4.79 Å². The number of ether oxygens (including phenoxy) is 1. The zero-order valence-electron chi connectivity index (χ0n) is 8.47. The van der Waals surface area contributed by atoms with Gasteiger partial charge >= 0.3 is 0 Å². The summed E-state index contributed by atoms with van der Waals surface area (Å²) in [5, 5.41) is 0.988. The number of hydrogen-bond acceptors (Lipinski definition) is 4. The zero-order chi connectivity index (χ0) is 11.1. The van der Waals surface area contributed by atoms with Crippen LogP contribution >= 0.6 is 0 Å². The lowest BCUT2D eigenvalue weighted by Crippen LogP contribution is -1.80. The fourth-order valence-corrected chi connectivity index (χ4v) is 1.07. The van der Waals surface area contributed by atoms with Crippen LogP contribution in [0.15, 0.2) is 34.9 Å². The summed E-state index contributed by atoms with van der Waals surface area (Å²) < 4.78 is 9.28. The Kier molecular flexibility index (Phi) is 4.22. The molecule has 80 valence electrons. The number of rotatable bonds is 2. The van der Waals surface area contributed by atoms with Gasteiger partial charge in [-0.05, 0) is 19.1 Å². The lowest BCUT2D eigenvalue weighted by molar-refractivity contribution is -0.128. The molecule has 15 heavy (non-hydrogen) atoms. The van der Waals surface area contributed by atoms with Gasteiger partial charge < -0.3 is 14.9 Å². The average molecular weight is 207 g/mol. The molecule has 0 amide bonds. The second kappa shape index (κ2) is 5.70. The van der Waals surface area contributed by atoms with Crippen molar-refractivity contribution < 1.29 is 13.9 Å². The van der Waals surface area contributed by atoms with Gasteiger partial charge in [-0.2, -0.15) is 0 Å². The van der Waals surface area contributed by atoms with E-state index in [1.807, 2.05) is 24.3 Å². The number of fused-ring (bicyclic) bond motifs is 1. The molecule has 0 bridgehead atoms. The van der Waals surface area contributed by atoms with Crippen molar-refractivity contribution in [3.63, 3.8) is 0 Å². The van der Waals surface area contributed by atoms with E-state index in [1.54, 1.807) is 13.2 Å². The molecule has 0 atom stereocenters. The number of hydrogen-bond donors (Lipinski definition) is 1. The van der Waals surface area contributed by atoms with Crippen LogP contribution in [-0.2, 0) is 9.53 Å². The van der Waals surface area contributed by atoms with E-state index in [0.29, 0.717) is 18.8 Å². The third-order valence-corrected chi connectivity index (χ3v) is 1.75. The Morgan fingerprint density at radius 2 is 2.20 bits per heavy atom. The van der Waals surface area contributed by atoms with Crippen LogP contribution in [0.1, 0.15) is 6.92 Å². The molecule has 0 radical (unpaired) electrons. The van der Waals surface area contributed by atoms with Gasteiger partial charge in [0.05, 0.1) is 12.3 Å². The van der Waals surface area contributed by atoms with Crippen molar-refractivity contribution in [1.29, 1.82) is 0 Å². The van der Waals surface area contributed by atoms with Crippen LogP contribution < -0.4 is 5.73 Å². The fraction of sp³-hybridized carbons (Fsp3) is 0.182. The van der Waals surface area contributed by atoms with Gasteiger partial charge in [-0.25, -0.2) is 0 Å². The Balaban J connectivity index is 0.000000195. The maximum Gasteiger partial charge on any atom is 0.293 e. The van der Waals surface area contributed by atoms with E-state index in [2.05, 4.69) is 4.74 Å². The molecule has 0 saturated heterocycles. The Morgan fingerprint density at radius 3 is 2.73 bits per heavy atom. The Labute approximate surface area is 87.6 Å². The van der Waals surface area contributed by atoms with Crippen molar-refractivity contribution in [2.45, 2.75) is 6.92 Å². The summed E-state index contributed by atoms with van der Waals surface area (Å²) in [6, 6.07) is 7.69. The third kappa shape index (κ3) is 3.02. The van der Waals surface area contributed by atoms with Gasteiger partial charge in [0.25, 0.3) is 6.47 Å². The van der Waals surface area contributed by atoms with Crippen molar-refractivity contribution in [3.8, 4) is 0 Å². The quantitative estimate of drug-likeness (QED) is 0.766. The molecule has 4 nitrogen and oxygen atoms in total. The van der Waals surface area contributed by atoms with Crippen LogP contribution in [0.25, 0.3) is 11.0 Å². The predicted molar refractivity (Wildman–Crippen MR) is 58.3 cm³/mol. The van der Waals surface area contributed by atoms with E-state index in [1.165, 1.54) is 0 Å². The minimum absolute atomic E-state index is 0.431. The summed E-state index contributed by atoms with van der Waals surface area (Å²) >= 11 is 0. The molecule has 1 heterocycles. The van der Waals surface area contributed by atoms with Crippen LogP contribution in [0.3, 0.4) is 0 Å². The normalized spacial score (nSPS) is 9.13.